The highest BCUT2D eigenvalue weighted by Crippen LogP contribution is 2.34. The van der Waals surface area contributed by atoms with E-state index >= 15 is 0 Å². The molecule has 1 aromatic rings. The van der Waals surface area contributed by atoms with Crippen molar-refractivity contribution in [1.82, 2.24) is 0 Å². The standard InChI is InChI=1S/C12H16BrNO3/c1-7-5-8(10(14)3-4-11(15)16)12(17-2)9(13)6-7/h5-6,10H,3-4,14H2,1-2H3,(H,15,16). The fourth-order valence-electron chi connectivity index (χ4n) is 1.68. The second kappa shape index (κ2) is 6.02. The Bertz CT molecular complexity index is 420. The van der Waals surface area contributed by atoms with Gasteiger partial charge in [-0.05, 0) is 40.9 Å². The zero-order valence-corrected chi connectivity index (χ0v) is 11.5. The van der Waals surface area contributed by atoms with Gasteiger partial charge in [-0.1, -0.05) is 6.07 Å². The minimum Gasteiger partial charge on any atom is -0.495 e. The lowest BCUT2D eigenvalue weighted by Gasteiger charge is -2.17. The molecule has 3 N–H and O–H groups in total. The molecule has 1 unspecified atom stereocenters. The molecule has 17 heavy (non-hydrogen) atoms. The quantitative estimate of drug-likeness (QED) is 0.877. The summed E-state index contributed by atoms with van der Waals surface area (Å²) in [5.41, 5.74) is 7.88. The summed E-state index contributed by atoms with van der Waals surface area (Å²) >= 11 is 3.41. The number of rotatable bonds is 5. The molecule has 0 radical (unpaired) electrons. The fraction of sp³-hybridized carbons (Fsp3) is 0.417. The summed E-state index contributed by atoms with van der Waals surface area (Å²) in [6.07, 6.45) is 0.442. The Kier molecular flexibility index (Phi) is 4.96. The summed E-state index contributed by atoms with van der Waals surface area (Å²) in [7, 11) is 1.57. The average molecular weight is 302 g/mol. The lowest BCUT2D eigenvalue weighted by Crippen LogP contribution is -2.14. The number of hydrogen-bond acceptors (Lipinski definition) is 3. The lowest BCUT2D eigenvalue weighted by molar-refractivity contribution is -0.137. The molecule has 1 aromatic carbocycles. The van der Waals surface area contributed by atoms with Crippen molar-refractivity contribution in [2.75, 3.05) is 7.11 Å². The van der Waals surface area contributed by atoms with Crippen molar-refractivity contribution in [2.45, 2.75) is 25.8 Å². The first-order valence-corrected chi connectivity index (χ1v) is 6.06. The first kappa shape index (κ1) is 14.0. The molecule has 0 saturated carbocycles. The Morgan fingerprint density at radius 3 is 2.76 bits per heavy atom. The number of carbonyl (C=O) groups is 1. The van der Waals surface area contributed by atoms with Crippen LogP contribution in [0.3, 0.4) is 0 Å². The van der Waals surface area contributed by atoms with Crippen LogP contribution in [-0.2, 0) is 4.79 Å². The van der Waals surface area contributed by atoms with Crippen LogP contribution in [0, 0.1) is 6.92 Å². The van der Waals surface area contributed by atoms with E-state index in [0.29, 0.717) is 12.2 Å². The molecule has 0 saturated heterocycles. The molecule has 0 heterocycles. The van der Waals surface area contributed by atoms with Gasteiger partial charge in [0, 0.05) is 18.0 Å². The van der Waals surface area contributed by atoms with E-state index < -0.39 is 5.97 Å². The molecular formula is C12H16BrNO3. The zero-order chi connectivity index (χ0) is 13.0. The molecule has 1 atom stereocenters. The first-order valence-electron chi connectivity index (χ1n) is 5.27. The van der Waals surface area contributed by atoms with Gasteiger partial charge in [-0.3, -0.25) is 4.79 Å². The fourth-order valence-corrected chi connectivity index (χ4v) is 2.43. The molecule has 0 bridgehead atoms. The van der Waals surface area contributed by atoms with Crippen LogP contribution in [0.2, 0.25) is 0 Å². The highest BCUT2D eigenvalue weighted by atomic mass is 79.9. The summed E-state index contributed by atoms with van der Waals surface area (Å²) in [5, 5.41) is 8.65. The van der Waals surface area contributed by atoms with E-state index in [9.17, 15) is 4.79 Å². The number of benzene rings is 1. The minimum atomic E-state index is -0.842. The van der Waals surface area contributed by atoms with Crippen molar-refractivity contribution >= 4 is 21.9 Å². The number of methoxy groups -OCH3 is 1. The number of aryl methyl sites for hydroxylation is 1. The highest BCUT2D eigenvalue weighted by Gasteiger charge is 2.16. The van der Waals surface area contributed by atoms with Crippen molar-refractivity contribution in [3.63, 3.8) is 0 Å². The molecule has 0 aliphatic heterocycles. The molecule has 0 aliphatic rings. The first-order chi connectivity index (χ1) is 7.95. The topological polar surface area (TPSA) is 72.5 Å². The lowest BCUT2D eigenvalue weighted by atomic mass is 10.00. The summed E-state index contributed by atoms with van der Waals surface area (Å²) in [4.78, 5) is 10.5. The van der Waals surface area contributed by atoms with Gasteiger partial charge in [0.05, 0.1) is 11.6 Å². The van der Waals surface area contributed by atoms with Crippen LogP contribution in [0.1, 0.15) is 30.0 Å². The van der Waals surface area contributed by atoms with Gasteiger partial charge >= 0.3 is 5.97 Å². The molecule has 0 fully saturated rings. The smallest absolute Gasteiger partial charge is 0.303 e. The Balaban J connectivity index is 2.98. The molecule has 4 nitrogen and oxygen atoms in total. The van der Waals surface area contributed by atoms with E-state index in [1.165, 1.54) is 0 Å². The molecule has 0 amide bonds. The summed E-state index contributed by atoms with van der Waals surface area (Å²) < 4.78 is 6.12. The van der Waals surface area contributed by atoms with Crippen LogP contribution in [0.5, 0.6) is 5.75 Å². The van der Waals surface area contributed by atoms with Crippen molar-refractivity contribution in [3.8, 4) is 5.75 Å². The Labute approximate surface area is 109 Å². The summed E-state index contributed by atoms with van der Waals surface area (Å²) in [6.45, 7) is 1.96. The molecular weight excluding hydrogens is 286 g/mol. The van der Waals surface area contributed by atoms with Crippen molar-refractivity contribution in [2.24, 2.45) is 5.73 Å². The third-order valence-corrected chi connectivity index (χ3v) is 3.08. The van der Waals surface area contributed by atoms with Gasteiger partial charge in [-0.2, -0.15) is 0 Å². The Hall–Kier alpha value is -1.07. The third-order valence-electron chi connectivity index (χ3n) is 2.49. The second-order valence-electron chi connectivity index (χ2n) is 3.91. The van der Waals surface area contributed by atoms with Crippen LogP contribution in [0.25, 0.3) is 0 Å². The van der Waals surface area contributed by atoms with Gasteiger partial charge in [0.25, 0.3) is 0 Å². The second-order valence-corrected chi connectivity index (χ2v) is 4.76. The van der Waals surface area contributed by atoms with Crippen LogP contribution in [-0.4, -0.2) is 18.2 Å². The maximum atomic E-state index is 10.5. The van der Waals surface area contributed by atoms with Crippen molar-refractivity contribution in [3.05, 3.63) is 27.7 Å². The highest BCUT2D eigenvalue weighted by molar-refractivity contribution is 9.10. The predicted molar refractivity (Wildman–Crippen MR) is 69.2 cm³/mol. The normalized spacial score (nSPS) is 12.2. The minimum absolute atomic E-state index is 0.0515. The molecule has 0 aromatic heterocycles. The monoisotopic (exact) mass is 301 g/mol. The number of halogens is 1. The molecule has 5 heteroatoms. The van der Waals surface area contributed by atoms with Gasteiger partial charge in [0.15, 0.2) is 0 Å². The average Bonchev–Trinajstić information content (AvgIpc) is 2.24. The number of carboxylic acid groups (broad SMARTS) is 1. The van der Waals surface area contributed by atoms with Gasteiger partial charge in [-0.25, -0.2) is 0 Å². The van der Waals surface area contributed by atoms with Crippen molar-refractivity contribution < 1.29 is 14.6 Å². The molecule has 0 spiro atoms. The molecule has 0 aliphatic carbocycles. The van der Waals surface area contributed by atoms with E-state index in [2.05, 4.69) is 15.9 Å². The van der Waals surface area contributed by atoms with E-state index in [-0.39, 0.29) is 12.5 Å². The molecule has 94 valence electrons. The Morgan fingerprint density at radius 2 is 2.24 bits per heavy atom. The number of nitrogens with two attached hydrogens (primary N) is 1. The van der Waals surface area contributed by atoms with Crippen LogP contribution >= 0.6 is 15.9 Å². The van der Waals surface area contributed by atoms with Gasteiger partial charge in [-0.15, -0.1) is 0 Å². The van der Waals surface area contributed by atoms with E-state index in [0.717, 1.165) is 15.6 Å². The predicted octanol–water partition coefficient (Wildman–Crippen LogP) is 2.63. The largest absolute Gasteiger partial charge is 0.495 e. The Morgan fingerprint density at radius 1 is 1.59 bits per heavy atom. The zero-order valence-electron chi connectivity index (χ0n) is 9.87. The summed E-state index contributed by atoms with van der Waals surface area (Å²) in [6, 6.07) is 3.53. The van der Waals surface area contributed by atoms with Gasteiger partial charge in [0.1, 0.15) is 5.75 Å². The summed E-state index contributed by atoms with van der Waals surface area (Å²) in [5.74, 6) is -0.167. The number of aliphatic carboxylic acids is 1. The van der Waals surface area contributed by atoms with Crippen LogP contribution < -0.4 is 10.5 Å². The number of ether oxygens (including phenoxy) is 1. The third kappa shape index (κ3) is 3.71. The van der Waals surface area contributed by atoms with E-state index in [4.69, 9.17) is 15.6 Å². The van der Waals surface area contributed by atoms with Gasteiger partial charge < -0.3 is 15.6 Å². The SMILES string of the molecule is COc1c(Br)cc(C)cc1C(N)CCC(=O)O. The van der Waals surface area contributed by atoms with Crippen LogP contribution in [0.15, 0.2) is 16.6 Å². The van der Waals surface area contributed by atoms with E-state index in [1.807, 2.05) is 19.1 Å². The van der Waals surface area contributed by atoms with Crippen molar-refractivity contribution in [1.29, 1.82) is 0 Å². The van der Waals surface area contributed by atoms with Gasteiger partial charge in [0.2, 0.25) is 0 Å². The van der Waals surface area contributed by atoms with Crippen LogP contribution in [0.4, 0.5) is 0 Å². The number of hydrogen-bond donors (Lipinski definition) is 2. The molecule has 1 rings (SSSR count). The number of carboxylic acids is 1. The van der Waals surface area contributed by atoms with E-state index in [1.54, 1.807) is 7.11 Å². The maximum absolute atomic E-state index is 10.5. The maximum Gasteiger partial charge on any atom is 0.303 e.